The molecule has 0 aliphatic carbocycles. The van der Waals surface area contributed by atoms with Crippen LogP contribution in [0.3, 0.4) is 0 Å². The van der Waals surface area contributed by atoms with Crippen molar-refractivity contribution >= 4 is 5.78 Å². The van der Waals surface area contributed by atoms with Crippen molar-refractivity contribution < 1.29 is 4.79 Å². The second kappa shape index (κ2) is 7.17. The van der Waals surface area contributed by atoms with Gasteiger partial charge in [0.15, 0.2) is 5.78 Å². The van der Waals surface area contributed by atoms with E-state index in [-0.39, 0.29) is 12.2 Å². The molecule has 0 amide bonds. The molecule has 2 aromatic rings. The highest BCUT2D eigenvalue weighted by molar-refractivity contribution is 5.95. The maximum atomic E-state index is 12.2. The van der Waals surface area contributed by atoms with E-state index in [1.165, 1.54) is 0 Å². The van der Waals surface area contributed by atoms with Gasteiger partial charge >= 0.3 is 0 Å². The van der Waals surface area contributed by atoms with E-state index in [0.29, 0.717) is 24.8 Å². The molecular weight excluding hydrogens is 266 g/mol. The van der Waals surface area contributed by atoms with Gasteiger partial charge in [-0.2, -0.15) is 5.10 Å². The number of rotatable bonds is 8. The molecule has 2 rings (SSSR count). The van der Waals surface area contributed by atoms with Gasteiger partial charge in [-0.25, -0.2) is 4.98 Å². The van der Waals surface area contributed by atoms with Crippen molar-refractivity contribution in [3.8, 4) is 0 Å². The first-order valence-electron chi connectivity index (χ1n) is 7.47. The molecule has 2 heterocycles. The first-order valence-corrected chi connectivity index (χ1v) is 7.47. The Morgan fingerprint density at radius 1 is 1.38 bits per heavy atom. The smallest absolute Gasteiger partial charge is 0.188 e. The van der Waals surface area contributed by atoms with Crippen molar-refractivity contribution in [3.63, 3.8) is 0 Å². The zero-order valence-corrected chi connectivity index (χ0v) is 12.7. The Kier molecular flexibility index (Phi) is 5.27. The van der Waals surface area contributed by atoms with Gasteiger partial charge in [-0.05, 0) is 18.9 Å². The summed E-state index contributed by atoms with van der Waals surface area (Å²) < 4.78 is 3.78. The van der Waals surface area contributed by atoms with Gasteiger partial charge in [-0.3, -0.25) is 9.48 Å². The number of carbonyl (C=O) groups excluding carboxylic acids is 1. The summed E-state index contributed by atoms with van der Waals surface area (Å²) in [5.74, 6) is -0.0134. The van der Waals surface area contributed by atoms with Crippen molar-refractivity contribution in [1.82, 2.24) is 19.3 Å². The molecule has 0 saturated carbocycles. The summed E-state index contributed by atoms with van der Waals surface area (Å²) in [5.41, 5.74) is 6.75. The van der Waals surface area contributed by atoms with Gasteiger partial charge in [-0.15, -0.1) is 0 Å². The number of imidazole rings is 1. The third-order valence-electron chi connectivity index (χ3n) is 3.63. The second-order valence-electron chi connectivity index (χ2n) is 5.14. The Bertz CT molecular complexity index is 582. The summed E-state index contributed by atoms with van der Waals surface area (Å²) in [7, 11) is 0. The zero-order chi connectivity index (χ0) is 15.2. The Labute approximate surface area is 125 Å². The summed E-state index contributed by atoms with van der Waals surface area (Å²) in [6.07, 6.45) is 7.69. The van der Waals surface area contributed by atoms with Crippen molar-refractivity contribution in [2.24, 2.45) is 5.73 Å². The Balaban J connectivity index is 2.02. The van der Waals surface area contributed by atoms with E-state index in [4.69, 9.17) is 5.73 Å². The minimum atomic E-state index is -0.0134. The van der Waals surface area contributed by atoms with Crippen LogP contribution in [-0.4, -0.2) is 31.7 Å². The molecule has 6 nitrogen and oxygen atoms in total. The van der Waals surface area contributed by atoms with E-state index in [1.807, 2.05) is 21.5 Å². The van der Waals surface area contributed by atoms with Gasteiger partial charge in [0, 0.05) is 25.5 Å². The van der Waals surface area contributed by atoms with E-state index in [1.54, 1.807) is 12.5 Å². The topological polar surface area (TPSA) is 78.7 Å². The molecule has 0 radical (unpaired) electrons. The van der Waals surface area contributed by atoms with E-state index in [0.717, 1.165) is 18.5 Å². The molecule has 0 aromatic carbocycles. The fourth-order valence-electron chi connectivity index (χ4n) is 2.37. The summed E-state index contributed by atoms with van der Waals surface area (Å²) in [6.45, 7) is 5.49. The molecule has 0 unspecified atom stereocenters. The second-order valence-corrected chi connectivity index (χ2v) is 5.14. The van der Waals surface area contributed by atoms with Crippen molar-refractivity contribution in [2.75, 3.05) is 6.54 Å². The Hall–Kier alpha value is -1.95. The molecule has 2 aromatic heterocycles. The highest BCUT2D eigenvalue weighted by atomic mass is 16.1. The largest absolute Gasteiger partial charge is 0.335 e. The lowest BCUT2D eigenvalue weighted by atomic mass is 10.2. The predicted octanol–water partition coefficient (Wildman–Crippen LogP) is 1.82. The van der Waals surface area contributed by atoms with Crippen LogP contribution in [0.25, 0.3) is 0 Å². The average Bonchev–Trinajstić information content (AvgIpc) is 3.11. The number of Topliss-reactive ketones (excluding diaryl/α,β-unsaturated/α-hetero) is 1. The number of nitrogens with two attached hydrogens (primary N) is 1. The summed E-state index contributed by atoms with van der Waals surface area (Å²) in [4.78, 5) is 16.3. The first-order chi connectivity index (χ1) is 10.2. The first kappa shape index (κ1) is 15.4. The highest BCUT2D eigenvalue weighted by Crippen LogP contribution is 2.15. The van der Waals surface area contributed by atoms with E-state index < -0.39 is 0 Å². The third-order valence-corrected chi connectivity index (χ3v) is 3.63. The maximum absolute atomic E-state index is 12.2. The van der Waals surface area contributed by atoms with E-state index >= 15 is 0 Å². The van der Waals surface area contributed by atoms with Gasteiger partial charge < -0.3 is 10.3 Å². The Morgan fingerprint density at radius 3 is 2.81 bits per heavy atom. The molecule has 0 saturated heterocycles. The lowest BCUT2D eigenvalue weighted by Crippen LogP contribution is -2.10. The minimum absolute atomic E-state index is 0.0134. The minimum Gasteiger partial charge on any atom is -0.335 e. The van der Waals surface area contributed by atoms with E-state index in [9.17, 15) is 4.79 Å². The fraction of sp³-hybridized carbons (Fsp3) is 0.533. The number of nitrogens with zero attached hydrogens (tertiary/aromatic N) is 4. The van der Waals surface area contributed by atoms with Gasteiger partial charge in [0.2, 0.25) is 0 Å². The molecule has 6 heteroatoms. The molecule has 0 spiro atoms. The van der Waals surface area contributed by atoms with Crippen molar-refractivity contribution in [2.45, 2.75) is 45.7 Å². The number of hydrogen-bond donors (Lipinski definition) is 1. The predicted molar refractivity (Wildman–Crippen MR) is 81.2 cm³/mol. The van der Waals surface area contributed by atoms with Gasteiger partial charge in [0.05, 0.1) is 24.5 Å². The monoisotopic (exact) mass is 289 g/mol. The lowest BCUT2D eigenvalue weighted by Gasteiger charge is -2.12. The fourth-order valence-corrected chi connectivity index (χ4v) is 2.37. The molecule has 0 atom stereocenters. The molecule has 2 N–H and O–H groups in total. The van der Waals surface area contributed by atoms with Gasteiger partial charge in [0.1, 0.15) is 5.69 Å². The number of carbonyl (C=O) groups is 1. The number of aromatic nitrogens is 4. The SMILES string of the molecule is CCC(CC)n1ccc(CC(=O)c2cn(CCN)cn2)n1. The summed E-state index contributed by atoms with van der Waals surface area (Å²) in [6, 6.07) is 2.31. The molecule has 0 aliphatic heterocycles. The quantitative estimate of drug-likeness (QED) is 0.752. The zero-order valence-electron chi connectivity index (χ0n) is 12.7. The van der Waals surface area contributed by atoms with Crippen LogP contribution in [0.4, 0.5) is 0 Å². The molecule has 0 fully saturated rings. The molecular formula is C15H23N5O. The molecule has 114 valence electrons. The average molecular weight is 289 g/mol. The molecule has 0 aliphatic rings. The van der Waals surface area contributed by atoms with Crippen molar-refractivity contribution in [3.05, 3.63) is 36.2 Å². The van der Waals surface area contributed by atoms with Crippen LogP contribution in [0.2, 0.25) is 0 Å². The highest BCUT2D eigenvalue weighted by Gasteiger charge is 2.14. The molecule has 0 bridgehead atoms. The van der Waals surface area contributed by atoms with Gasteiger partial charge in [0.25, 0.3) is 0 Å². The van der Waals surface area contributed by atoms with Crippen LogP contribution < -0.4 is 5.73 Å². The number of ketones is 1. The summed E-state index contributed by atoms with van der Waals surface area (Å²) >= 11 is 0. The van der Waals surface area contributed by atoms with Gasteiger partial charge in [-0.1, -0.05) is 13.8 Å². The normalized spacial score (nSPS) is 11.2. The van der Waals surface area contributed by atoms with Crippen LogP contribution >= 0.6 is 0 Å². The molecule has 21 heavy (non-hydrogen) atoms. The Morgan fingerprint density at radius 2 is 2.14 bits per heavy atom. The van der Waals surface area contributed by atoms with Crippen LogP contribution in [0.15, 0.2) is 24.8 Å². The van der Waals surface area contributed by atoms with Crippen molar-refractivity contribution in [1.29, 1.82) is 0 Å². The lowest BCUT2D eigenvalue weighted by molar-refractivity contribution is 0.0987. The standard InChI is InChI=1S/C15H23N5O/c1-3-13(4-2)20-7-5-12(18-20)9-15(21)14-10-19(8-6-16)11-17-14/h5,7,10-11,13H,3-4,6,8-9,16H2,1-2H3. The maximum Gasteiger partial charge on any atom is 0.188 e. The van der Waals surface area contributed by atoms with Crippen LogP contribution in [-0.2, 0) is 13.0 Å². The number of hydrogen-bond acceptors (Lipinski definition) is 4. The van der Waals surface area contributed by atoms with Crippen LogP contribution in [0, 0.1) is 0 Å². The van der Waals surface area contributed by atoms with E-state index in [2.05, 4.69) is 23.9 Å². The third kappa shape index (κ3) is 3.78. The van der Waals surface area contributed by atoms with Crippen LogP contribution in [0.1, 0.15) is 48.9 Å². The van der Waals surface area contributed by atoms with Crippen LogP contribution in [0.5, 0.6) is 0 Å². The summed E-state index contributed by atoms with van der Waals surface area (Å²) in [5, 5.41) is 4.50.